The Balaban J connectivity index is 0.000000817. The van der Waals surface area contributed by atoms with Crippen LogP contribution in [0, 0.1) is 0 Å². The number of pyridine rings is 1. The number of nitrogens with zero attached hydrogens (tertiary/aromatic N) is 3. The van der Waals surface area contributed by atoms with E-state index < -0.39 is 0 Å². The van der Waals surface area contributed by atoms with Gasteiger partial charge in [-0.05, 0) is 12.1 Å². The number of rotatable bonds is 5. The summed E-state index contributed by atoms with van der Waals surface area (Å²) in [7, 11) is 3.82. The van der Waals surface area contributed by atoms with E-state index in [0.717, 1.165) is 22.4 Å². The first-order chi connectivity index (χ1) is 13.0. The van der Waals surface area contributed by atoms with Crippen LogP contribution in [-0.4, -0.2) is 48.1 Å². The lowest BCUT2D eigenvalue weighted by atomic mass is 10.1. The smallest absolute Gasteiger partial charge is 0.290 e. The number of anilines is 2. The Morgan fingerprint density at radius 1 is 1.33 bits per heavy atom. The summed E-state index contributed by atoms with van der Waals surface area (Å²) in [6.45, 7) is 0.260. The number of benzene rings is 1. The molecule has 0 spiro atoms. The van der Waals surface area contributed by atoms with E-state index in [1.54, 1.807) is 0 Å². The second kappa shape index (κ2) is 9.48. The van der Waals surface area contributed by atoms with E-state index in [1.165, 1.54) is 11.3 Å². The number of nitrogens with one attached hydrogen (secondary N) is 1. The van der Waals surface area contributed by atoms with Crippen molar-refractivity contribution in [3.8, 4) is 0 Å². The highest BCUT2D eigenvalue weighted by Crippen LogP contribution is 2.22. The van der Waals surface area contributed by atoms with Crippen molar-refractivity contribution in [2.24, 2.45) is 0 Å². The van der Waals surface area contributed by atoms with Gasteiger partial charge < -0.3 is 21.1 Å². The van der Waals surface area contributed by atoms with Crippen molar-refractivity contribution in [2.45, 2.75) is 6.42 Å². The van der Waals surface area contributed by atoms with E-state index in [0.29, 0.717) is 23.7 Å². The molecule has 3 aromatic rings. The Labute approximate surface area is 160 Å². The van der Waals surface area contributed by atoms with E-state index >= 15 is 0 Å². The number of thiazole rings is 1. The van der Waals surface area contributed by atoms with Gasteiger partial charge in [0.1, 0.15) is 5.82 Å². The summed E-state index contributed by atoms with van der Waals surface area (Å²) in [6, 6.07) is 9.48. The molecule has 0 aliphatic carbocycles. The van der Waals surface area contributed by atoms with Crippen LogP contribution in [0.3, 0.4) is 0 Å². The molecular formula is C18H21N5O3S. The zero-order chi connectivity index (χ0) is 19.8. The van der Waals surface area contributed by atoms with Crippen LogP contribution in [-0.2, 0) is 11.2 Å². The number of hydrogen-bond donors (Lipinski definition) is 3. The highest BCUT2D eigenvalue weighted by Gasteiger charge is 2.13. The average Bonchev–Trinajstić information content (AvgIpc) is 3.06. The zero-order valence-corrected chi connectivity index (χ0v) is 15.9. The number of fused-ring (bicyclic) bond motifs is 1. The van der Waals surface area contributed by atoms with Crippen LogP contribution >= 0.6 is 11.3 Å². The molecule has 0 radical (unpaired) electrons. The summed E-state index contributed by atoms with van der Waals surface area (Å²) in [5.74, 6) is 0.644. The zero-order valence-electron chi connectivity index (χ0n) is 15.0. The molecular weight excluding hydrogens is 366 g/mol. The average molecular weight is 387 g/mol. The van der Waals surface area contributed by atoms with Gasteiger partial charge >= 0.3 is 0 Å². The minimum atomic E-state index is -0.250. The highest BCUT2D eigenvalue weighted by molar-refractivity contribution is 7.13. The Morgan fingerprint density at radius 3 is 2.67 bits per heavy atom. The van der Waals surface area contributed by atoms with Gasteiger partial charge in [0, 0.05) is 37.8 Å². The van der Waals surface area contributed by atoms with Crippen LogP contribution in [0.4, 0.5) is 10.9 Å². The molecule has 0 aliphatic rings. The molecule has 0 fully saturated rings. The van der Waals surface area contributed by atoms with Crippen LogP contribution in [0.15, 0.2) is 35.7 Å². The normalized spacial score (nSPS) is 10.0. The Kier molecular flexibility index (Phi) is 7.07. The molecule has 2 aromatic heterocycles. The van der Waals surface area contributed by atoms with E-state index in [1.807, 2.05) is 54.7 Å². The van der Waals surface area contributed by atoms with Gasteiger partial charge in [-0.3, -0.25) is 9.59 Å². The summed E-state index contributed by atoms with van der Waals surface area (Å²) < 4.78 is 0. The minimum Gasteiger partial charge on any atom is -0.483 e. The third-order valence-corrected chi connectivity index (χ3v) is 4.36. The number of carbonyl (C=O) groups excluding carboxylic acids is 1. The number of carboxylic acid groups (broad SMARTS) is 1. The number of nitrogen functional groups attached to an aromatic ring is 1. The first-order valence-electron chi connectivity index (χ1n) is 8.09. The molecule has 8 nitrogen and oxygen atoms in total. The summed E-state index contributed by atoms with van der Waals surface area (Å²) in [5, 5.41) is 13.1. The van der Waals surface area contributed by atoms with Gasteiger partial charge in [-0.1, -0.05) is 18.2 Å². The van der Waals surface area contributed by atoms with Crippen LogP contribution in [0.2, 0.25) is 0 Å². The quantitative estimate of drug-likeness (QED) is 0.573. The third kappa shape index (κ3) is 5.38. The summed E-state index contributed by atoms with van der Waals surface area (Å²) in [4.78, 5) is 31.6. The first kappa shape index (κ1) is 20.1. The molecule has 142 valence electrons. The highest BCUT2D eigenvalue weighted by atomic mass is 32.1. The number of amides is 1. The largest absolute Gasteiger partial charge is 0.483 e. The fourth-order valence-electron chi connectivity index (χ4n) is 2.42. The number of aromatic nitrogens is 2. The Hall–Kier alpha value is -3.20. The van der Waals surface area contributed by atoms with Crippen LogP contribution in [0.25, 0.3) is 10.9 Å². The van der Waals surface area contributed by atoms with Crippen molar-refractivity contribution in [2.75, 3.05) is 31.3 Å². The lowest BCUT2D eigenvalue weighted by molar-refractivity contribution is -0.122. The second-order valence-electron chi connectivity index (χ2n) is 5.73. The Morgan fingerprint density at radius 2 is 2.04 bits per heavy atom. The van der Waals surface area contributed by atoms with E-state index in [2.05, 4.69) is 15.3 Å². The fourth-order valence-corrected chi connectivity index (χ4v) is 3.01. The van der Waals surface area contributed by atoms with E-state index in [9.17, 15) is 4.79 Å². The SMILES string of the molecule is CN(C)c1cc(C(=O)NCCc2csc(N)n2)c2ccccc2n1.O=CO. The maximum absolute atomic E-state index is 12.6. The molecule has 0 saturated heterocycles. The predicted octanol–water partition coefficient (Wildman–Crippen LogP) is 2.01. The second-order valence-corrected chi connectivity index (χ2v) is 6.62. The first-order valence-corrected chi connectivity index (χ1v) is 8.97. The maximum atomic E-state index is 12.6. The van der Waals surface area contributed by atoms with Gasteiger partial charge in [-0.25, -0.2) is 9.97 Å². The minimum absolute atomic E-state index is 0.111. The lowest BCUT2D eigenvalue weighted by Gasteiger charge is -2.15. The summed E-state index contributed by atoms with van der Waals surface area (Å²) in [5.41, 5.74) is 7.95. The molecule has 1 amide bonds. The van der Waals surface area contributed by atoms with E-state index in [-0.39, 0.29) is 12.4 Å². The number of hydrogen-bond acceptors (Lipinski definition) is 7. The molecule has 0 bridgehead atoms. The van der Waals surface area contributed by atoms with Gasteiger partial charge in [0.2, 0.25) is 0 Å². The van der Waals surface area contributed by atoms with E-state index in [4.69, 9.17) is 15.6 Å². The van der Waals surface area contributed by atoms with Crippen molar-refractivity contribution >= 4 is 45.6 Å². The predicted molar refractivity (Wildman–Crippen MR) is 107 cm³/mol. The molecule has 4 N–H and O–H groups in total. The fraction of sp³-hybridized carbons (Fsp3) is 0.222. The Bertz CT molecular complexity index is 926. The molecule has 3 rings (SSSR count). The standard InChI is InChI=1S/C17H19N5OS.CH2O2/c1-22(2)15-9-13(12-5-3-4-6-14(12)21-15)16(23)19-8-7-11-10-24-17(18)20-11;2-1-3/h3-6,9-10H,7-8H2,1-2H3,(H2,18,20)(H,19,23);1H,(H,2,3). The molecule has 9 heteroatoms. The lowest BCUT2D eigenvalue weighted by Crippen LogP contribution is -2.26. The van der Waals surface area contributed by atoms with Gasteiger partial charge in [-0.2, -0.15) is 0 Å². The van der Waals surface area contributed by atoms with Crippen molar-refractivity contribution in [1.82, 2.24) is 15.3 Å². The molecule has 2 heterocycles. The maximum Gasteiger partial charge on any atom is 0.290 e. The van der Waals surface area contributed by atoms with Gasteiger partial charge in [0.25, 0.3) is 12.4 Å². The molecule has 0 aliphatic heterocycles. The summed E-state index contributed by atoms with van der Waals surface area (Å²) >= 11 is 1.41. The molecule has 0 unspecified atom stereocenters. The number of carbonyl (C=O) groups is 2. The van der Waals surface area contributed by atoms with Gasteiger partial charge in [-0.15, -0.1) is 11.3 Å². The van der Waals surface area contributed by atoms with Crippen molar-refractivity contribution < 1.29 is 14.7 Å². The van der Waals surface area contributed by atoms with Crippen LogP contribution in [0.5, 0.6) is 0 Å². The molecule has 1 aromatic carbocycles. The third-order valence-electron chi connectivity index (χ3n) is 3.64. The van der Waals surface area contributed by atoms with Crippen LogP contribution < -0.4 is 16.0 Å². The van der Waals surface area contributed by atoms with Gasteiger partial charge in [0.05, 0.1) is 16.8 Å². The molecule has 0 saturated carbocycles. The monoisotopic (exact) mass is 387 g/mol. The van der Waals surface area contributed by atoms with Crippen molar-refractivity contribution in [3.63, 3.8) is 0 Å². The summed E-state index contributed by atoms with van der Waals surface area (Å²) in [6.07, 6.45) is 0.656. The number of para-hydroxylation sites is 1. The van der Waals surface area contributed by atoms with Gasteiger partial charge in [0.15, 0.2) is 5.13 Å². The molecule has 0 atom stereocenters. The van der Waals surface area contributed by atoms with Crippen molar-refractivity contribution in [1.29, 1.82) is 0 Å². The van der Waals surface area contributed by atoms with Crippen molar-refractivity contribution in [3.05, 3.63) is 47.0 Å². The van der Waals surface area contributed by atoms with Crippen LogP contribution in [0.1, 0.15) is 16.1 Å². The number of nitrogens with two attached hydrogens (primary N) is 1. The topological polar surface area (TPSA) is 121 Å². The molecule has 27 heavy (non-hydrogen) atoms.